The number of sulfonamides is 1. The van der Waals surface area contributed by atoms with Crippen LogP contribution in [0.25, 0.3) is 0 Å². The lowest BCUT2D eigenvalue weighted by Gasteiger charge is -2.33. The number of hydrogen-bond donors (Lipinski definition) is 0. The van der Waals surface area contributed by atoms with E-state index in [0.717, 1.165) is 5.69 Å². The van der Waals surface area contributed by atoms with Crippen LogP contribution in [0, 0.1) is 0 Å². The lowest BCUT2D eigenvalue weighted by atomic mass is 10.2. The first kappa shape index (κ1) is 15.0. The Labute approximate surface area is 129 Å². The van der Waals surface area contributed by atoms with Crippen LogP contribution in [0.5, 0.6) is 5.88 Å². The third-order valence-corrected chi connectivity index (χ3v) is 5.51. The number of imidazole rings is 1. The van der Waals surface area contributed by atoms with Crippen LogP contribution >= 0.6 is 0 Å². The Morgan fingerprint density at radius 2 is 2.27 bits per heavy atom. The van der Waals surface area contributed by atoms with E-state index in [2.05, 4.69) is 9.97 Å². The molecule has 1 atom stereocenters. The van der Waals surface area contributed by atoms with Gasteiger partial charge in [0.25, 0.3) is 0 Å². The summed E-state index contributed by atoms with van der Waals surface area (Å²) < 4.78 is 33.5. The first-order chi connectivity index (χ1) is 10.6. The number of fused-ring (bicyclic) bond motifs is 1. The monoisotopic (exact) mass is 322 g/mol. The van der Waals surface area contributed by atoms with Gasteiger partial charge in [0.1, 0.15) is 6.61 Å². The van der Waals surface area contributed by atoms with E-state index >= 15 is 0 Å². The molecule has 0 bridgehead atoms. The number of aromatic nitrogens is 3. The van der Waals surface area contributed by atoms with Gasteiger partial charge in [0.2, 0.25) is 15.9 Å². The molecule has 0 radical (unpaired) electrons. The summed E-state index contributed by atoms with van der Waals surface area (Å²) in [6, 6.07) is 5.32. The van der Waals surface area contributed by atoms with Crippen molar-refractivity contribution >= 4 is 10.0 Å². The topological polar surface area (TPSA) is 77.3 Å². The van der Waals surface area contributed by atoms with Gasteiger partial charge in [0.05, 0.1) is 30.4 Å². The Balaban J connectivity index is 1.78. The minimum Gasteiger partial charge on any atom is -0.475 e. The predicted octanol–water partition coefficient (Wildman–Crippen LogP) is 1.06. The molecule has 3 heterocycles. The van der Waals surface area contributed by atoms with Crippen LogP contribution in [0.1, 0.15) is 18.7 Å². The van der Waals surface area contributed by atoms with Gasteiger partial charge in [-0.3, -0.25) is 0 Å². The summed E-state index contributed by atoms with van der Waals surface area (Å²) in [4.78, 5) is 8.23. The van der Waals surface area contributed by atoms with E-state index in [9.17, 15) is 8.42 Å². The van der Waals surface area contributed by atoms with Crippen molar-refractivity contribution in [2.45, 2.75) is 19.5 Å². The maximum atomic E-state index is 12.1. The number of hydrogen-bond acceptors (Lipinski definition) is 5. The van der Waals surface area contributed by atoms with Crippen LogP contribution in [-0.2, 0) is 16.6 Å². The Morgan fingerprint density at radius 3 is 3.00 bits per heavy atom. The molecule has 8 heteroatoms. The zero-order valence-corrected chi connectivity index (χ0v) is 13.1. The van der Waals surface area contributed by atoms with Crippen molar-refractivity contribution in [3.63, 3.8) is 0 Å². The molecular weight excluding hydrogens is 304 g/mol. The molecule has 0 aliphatic carbocycles. The van der Waals surface area contributed by atoms with Crippen LogP contribution in [0.4, 0.5) is 0 Å². The molecule has 0 amide bonds. The normalized spacial score (nSPS) is 18.9. The van der Waals surface area contributed by atoms with Gasteiger partial charge in [0, 0.05) is 25.0 Å². The summed E-state index contributed by atoms with van der Waals surface area (Å²) in [6.07, 6.45) is 5.08. The summed E-state index contributed by atoms with van der Waals surface area (Å²) in [7, 11) is -3.24. The highest BCUT2D eigenvalue weighted by Crippen LogP contribution is 2.24. The Morgan fingerprint density at radius 1 is 1.41 bits per heavy atom. The minimum absolute atomic E-state index is 0.0922. The highest BCUT2D eigenvalue weighted by Gasteiger charge is 2.31. The molecule has 0 fully saturated rings. The predicted molar refractivity (Wildman–Crippen MR) is 80.9 cm³/mol. The Kier molecular flexibility index (Phi) is 4.12. The number of nitrogens with zero attached hydrogens (tertiary/aromatic N) is 4. The van der Waals surface area contributed by atoms with Crippen molar-refractivity contribution in [1.29, 1.82) is 0 Å². The second-order valence-electron chi connectivity index (χ2n) is 5.12. The molecular formula is C14H18N4O3S. The van der Waals surface area contributed by atoms with Crippen molar-refractivity contribution in [1.82, 2.24) is 18.8 Å². The average molecular weight is 322 g/mol. The second kappa shape index (κ2) is 6.05. The third-order valence-electron chi connectivity index (χ3n) is 3.71. The highest BCUT2D eigenvalue weighted by molar-refractivity contribution is 7.89. The number of pyridine rings is 1. The van der Waals surface area contributed by atoms with Gasteiger partial charge >= 0.3 is 0 Å². The molecule has 0 saturated carbocycles. The summed E-state index contributed by atoms with van der Waals surface area (Å²) in [5.41, 5.74) is 0.873. The fourth-order valence-corrected chi connectivity index (χ4v) is 3.59. The molecule has 2 aromatic heterocycles. The van der Waals surface area contributed by atoms with E-state index in [-0.39, 0.29) is 11.8 Å². The van der Waals surface area contributed by atoms with E-state index in [0.29, 0.717) is 25.6 Å². The van der Waals surface area contributed by atoms with Crippen LogP contribution in [0.3, 0.4) is 0 Å². The summed E-state index contributed by atoms with van der Waals surface area (Å²) in [5, 5.41) is 0. The van der Waals surface area contributed by atoms with Gasteiger partial charge < -0.3 is 9.30 Å². The van der Waals surface area contributed by atoms with E-state index < -0.39 is 10.0 Å². The summed E-state index contributed by atoms with van der Waals surface area (Å²) >= 11 is 0. The van der Waals surface area contributed by atoms with E-state index in [1.807, 2.05) is 16.7 Å². The number of ether oxygens (including phenoxy) is 1. The standard InChI is InChI=1S/C14H18N4O3S/c1-2-22(19,20)17-8-12-7-15-11-18(12)13(9-17)10-21-14-5-3-4-6-16-14/h3-7,11,13H,2,8-10H2,1H3/t13-/m1/s1. The van der Waals surface area contributed by atoms with E-state index in [4.69, 9.17) is 4.74 Å². The van der Waals surface area contributed by atoms with Crippen molar-refractivity contribution in [2.75, 3.05) is 18.9 Å². The molecule has 2 aromatic rings. The quantitative estimate of drug-likeness (QED) is 0.823. The lowest BCUT2D eigenvalue weighted by Crippen LogP contribution is -2.43. The van der Waals surface area contributed by atoms with Gasteiger partial charge in [-0.2, -0.15) is 4.31 Å². The van der Waals surface area contributed by atoms with Crippen molar-refractivity contribution in [3.8, 4) is 5.88 Å². The highest BCUT2D eigenvalue weighted by atomic mass is 32.2. The Hall–Kier alpha value is -1.93. The zero-order valence-electron chi connectivity index (χ0n) is 12.3. The molecule has 7 nitrogen and oxygen atoms in total. The van der Waals surface area contributed by atoms with Crippen LogP contribution in [0.15, 0.2) is 36.9 Å². The van der Waals surface area contributed by atoms with E-state index in [1.54, 1.807) is 31.7 Å². The van der Waals surface area contributed by atoms with Gasteiger partial charge in [-0.25, -0.2) is 18.4 Å². The van der Waals surface area contributed by atoms with Gasteiger partial charge in [-0.1, -0.05) is 6.07 Å². The molecule has 0 unspecified atom stereocenters. The molecule has 3 rings (SSSR count). The maximum Gasteiger partial charge on any atom is 0.214 e. The SMILES string of the molecule is CCS(=O)(=O)N1Cc2cncn2[C@@H](COc2ccccn2)C1. The fourth-order valence-electron chi connectivity index (χ4n) is 2.49. The molecule has 0 aromatic carbocycles. The maximum absolute atomic E-state index is 12.1. The van der Waals surface area contributed by atoms with Crippen LogP contribution < -0.4 is 4.74 Å². The molecule has 1 aliphatic heterocycles. The summed E-state index contributed by atoms with van der Waals surface area (Å²) in [6.45, 7) is 2.74. The number of rotatable bonds is 5. The first-order valence-corrected chi connectivity index (χ1v) is 8.73. The zero-order chi connectivity index (χ0) is 15.6. The largest absolute Gasteiger partial charge is 0.475 e. The van der Waals surface area contributed by atoms with Gasteiger partial charge in [-0.05, 0) is 13.0 Å². The van der Waals surface area contributed by atoms with Gasteiger partial charge in [0.15, 0.2) is 0 Å². The molecule has 0 saturated heterocycles. The van der Waals surface area contributed by atoms with Crippen molar-refractivity contribution in [3.05, 3.63) is 42.6 Å². The van der Waals surface area contributed by atoms with Crippen LogP contribution in [-0.4, -0.2) is 46.2 Å². The third kappa shape index (κ3) is 2.97. The Bertz CT molecular complexity index is 730. The molecule has 0 N–H and O–H groups in total. The molecule has 118 valence electrons. The fraction of sp³-hybridized carbons (Fsp3) is 0.429. The average Bonchev–Trinajstić information content (AvgIpc) is 3.02. The van der Waals surface area contributed by atoms with Crippen molar-refractivity contribution < 1.29 is 13.2 Å². The van der Waals surface area contributed by atoms with Gasteiger partial charge in [-0.15, -0.1) is 0 Å². The first-order valence-electron chi connectivity index (χ1n) is 7.12. The van der Waals surface area contributed by atoms with Crippen LogP contribution in [0.2, 0.25) is 0 Å². The molecule has 0 spiro atoms. The van der Waals surface area contributed by atoms with E-state index in [1.165, 1.54) is 4.31 Å². The smallest absolute Gasteiger partial charge is 0.214 e. The summed E-state index contributed by atoms with van der Waals surface area (Å²) in [5.74, 6) is 0.620. The minimum atomic E-state index is -3.24. The second-order valence-corrected chi connectivity index (χ2v) is 7.38. The molecule has 22 heavy (non-hydrogen) atoms. The van der Waals surface area contributed by atoms with Crippen molar-refractivity contribution in [2.24, 2.45) is 0 Å². The molecule has 1 aliphatic rings. The lowest BCUT2D eigenvalue weighted by molar-refractivity contribution is 0.190.